The van der Waals surface area contributed by atoms with Crippen LogP contribution < -0.4 is 0 Å². The molecule has 6 heteroatoms. The number of alkyl halides is 3. The Morgan fingerprint density at radius 2 is 1.52 bits per heavy atom. The second-order valence-electron chi connectivity index (χ2n) is 7.47. The van der Waals surface area contributed by atoms with E-state index in [1.807, 2.05) is 6.92 Å². The fraction of sp³-hybridized carbons (Fsp3) is 0.684. The van der Waals surface area contributed by atoms with Crippen LogP contribution in [0.15, 0.2) is 12.1 Å². The van der Waals surface area contributed by atoms with Crippen molar-refractivity contribution < 1.29 is 26.3 Å². The highest BCUT2D eigenvalue weighted by molar-refractivity contribution is 5.24. The molecule has 1 aromatic rings. The molecule has 7 unspecified atom stereocenters. The van der Waals surface area contributed by atoms with Gasteiger partial charge in [0.2, 0.25) is 0 Å². The van der Waals surface area contributed by atoms with E-state index in [2.05, 4.69) is 0 Å². The molecule has 1 aromatic carbocycles. The maximum absolute atomic E-state index is 14.8. The summed E-state index contributed by atoms with van der Waals surface area (Å²) in [6, 6.07) is 1.58. The molecule has 2 aliphatic carbocycles. The van der Waals surface area contributed by atoms with Crippen LogP contribution in [0, 0.1) is 35.2 Å². The van der Waals surface area contributed by atoms with Crippen LogP contribution in [-0.2, 0) is 0 Å². The number of benzene rings is 1. The highest BCUT2D eigenvalue weighted by Gasteiger charge is 2.52. The fourth-order valence-corrected chi connectivity index (χ4v) is 4.75. The van der Waals surface area contributed by atoms with E-state index in [-0.39, 0.29) is 24.3 Å². The van der Waals surface area contributed by atoms with E-state index in [1.54, 1.807) is 0 Å². The molecule has 0 saturated heterocycles. The molecule has 2 fully saturated rings. The lowest BCUT2D eigenvalue weighted by Gasteiger charge is -2.23. The van der Waals surface area contributed by atoms with Crippen molar-refractivity contribution in [3.05, 3.63) is 35.1 Å². The van der Waals surface area contributed by atoms with Gasteiger partial charge in [0.25, 0.3) is 0 Å². The zero-order chi connectivity index (χ0) is 18.3. The van der Waals surface area contributed by atoms with Gasteiger partial charge in [-0.3, -0.25) is 0 Å². The molecule has 0 N–H and O–H groups in total. The normalized spacial score (nSPS) is 38.4. The predicted molar refractivity (Wildman–Crippen MR) is 83.0 cm³/mol. The number of halogens is 6. The highest BCUT2D eigenvalue weighted by atomic mass is 19.2. The van der Waals surface area contributed by atoms with E-state index in [1.165, 1.54) is 0 Å². The summed E-state index contributed by atoms with van der Waals surface area (Å²) in [5.41, 5.74) is 0.0298. The molecule has 0 heterocycles. The SMILES string of the molecule is CCCC1CC2C(F)CC(c3cc(F)c(F)c(F)c3)CC(F)C2C1F. The first-order valence-electron chi connectivity index (χ1n) is 8.90. The molecular formula is C19H22F6. The Morgan fingerprint density at radius 3 is 2.12 bits per heavy atom. The molecule has 0 aliphatic heterocycles. The van der Waals surface area contributed by atoms with Crippen LogP contribution in [0.3, 0.4) is 0 Å². The van der Waals surface area contributed by atoms with E-state index in [0.717, 1.165) is 18.6 Å². The Morgan fingerprint density at radius 1 is 0.920 bits per heavy atom. The van der Waals surface area contributed by atoms with Gasteiger partial charge in [0, 0.05) is 5.92 Å². The largest absolute Gasteiger partial charge is 0.247 e. The van der Waals surface area contributed by atoms with E-state index in [9.17, 15) is 26.3 Å². The third kappa shape index (κ3) is 3.41. The zero-order valence-corrected chi connectivity index (χ0v) is 14.0. The van der Waals surface area contributed by atoms with Crippen molar-refractivity contribution in [3.8, 4) is 0 Å². The third-order valence-electron chi connectivity index (χ3n) is 5.93. The van der Waals surface area contributed by atoms with Crippen molar-refractivity contribution in [1.29, 1.82) is 0 Å². The molecule has 2 saturated carbocycles. The molecule has 25 heavy (non-hydrogen) atoms. The summed E-state index contributed by atoms with van der Waals surface area (Å²) in [6.07, 6.45) is -3.07. The molecular weight excluding hydrogens is 342 g/mol. The maximum atomic E-state index is 14.8. The summed E-state index contributed by atoms with van der Waals surface area (Å²) in [4.78, 5) is 0. The molecule has 0 aromatic heterocycles. The summed E-state index contributed by atoms with van der Waals surface area (Å²) >= 11 is 0. The average Bonchev–Trinajstić information content (AvgIpc) is 2.82. The summed E-state index contributed by atoms with van der Waals surface area (Å²) < 4.78 is 84.2. The summed E-state index contributed by atoms with van der Waals surface area (Å²) in [7, 11) is 0. The first-order chi connectivity index (χ1) is 11.8. The predicted octanol–water partition coefficient (Wildman–Crippen LogP) is 6.05. The van der Waals surface area contributed by atoms with Crippen LogP contribution in [-0.4, -0.2) is 18.5 Å². The van der Waals surface area contributed by atoms with Crippen molar-refractivity contribution in [2.45, 2.75) is 63.5 Å². The first kappa shape index (κ1) is 18.6. The lowest BCUT2D eigenvalue weighted by Crippen LogP contribution is -2.30. The zero-order valence-electron chi connectivity index (χ0n) is 14.0. The van der Waals surface area contributed by atoms with E-state index >= 15 is 0 Å². The van der Waals surface area contributed by atoms with Crippen molar-refractivity contribution in [3.63, 3.8) is 0 Å². The van der Waals surface area contributed by atoms with Gasteiger partial charge in [0.05, 0.1) is 0 Å². The third-order valence-corrected chi connectivity index (χ3v) is 5.93. The van der Waals surface area contributed by atoms with Gasteiger partial charge in [-0.05, 0) is 61.1 Å². The van der Waals surface area contributed by atoms with Crippen LogP contribution >= 0.6 is 0 Å². The number of hydrogen-bond acceptors (Lipinski definition) is 0. The lowest BCUT2D eigenvalue weighted by molar-refractivity contribution is 0.0826. The van der Waals surface area contributed by atoms with E-state index in [4.69, 9.17) is 0 Å². The van der Waals surface area contributed by atoms with Gasteiger partial charge in [-0.15, -0.1) is 0 Å². The van der Waals surface area contributed by atoms with Gasteiger partial charge in [0.1, 0.15) is 18.5 Å². The molecule has 140 valence electrons. The monoisotopic (exact) mass is 364 g/mol. The smallest absolute Gasteiger partial charge is 0.194 e. The van der Waals surface area contributed by atoms with Crippen molar-refractivity contribution in [1.82, 2.24) is 0 Å². The Hall–Kier alpha value is -1.20. The van der Waals surface area contributed by atoms with Crippen LogP contribution in [0.4, 0.5) is 26.3 Å². The van der Waals surface area contributed by atoms with Crippen LogP contribution in [0.1, 0.15) is 50.5 Å². The van der Waals surface area contributed by atoms with Crippen molar-refractivity contribution in [2.24, 2.45) is 17.8 Å². The van der Waals surface area contributed by atoms with Gasteiger partial charge in [-0.1, -0.05) is 13.3 Å². The fourth-order valence-electron chi connectivity index (χ4n) is 4.75. The standard InChI is InChI=1S/C19H22F6/c1-2-3-9-4-12-13(20)5-10(6-14(21)17(12)18(9)24)11-7-15(22)19(25)16(23)8-11/h7-10,12-14,17-18H,2-6H2,1H3. The Labute approximate surface area is 143 Å². The summed E-state index contributed by atoms with van der Waals surface area (Å²) in [5, 5.41) is 0. The van der Waals surface area contributed by atoms with Gasteiger partial charge in [-0.2, -0.15) is 0 Å². The quantitative estimate of drug-likeness (QED) is 0.453. The van der Waals surface area contributed by atoms with Gasteiger partial charge in [0.15, 0.2) is 17.5 Å². The minimum atomic E-state index is -1.60. The molecule has 0 bridgehead atoms. The second-order valence-corrected chi connectivity index (χ2v) is 7.47. The van der Waals surface area contributed by atoms with E-state index in [0.29, 0.717) is 12.8 Å². The molecule has 7 atom stereocenters. The van der Waals surface area contributed by atoms with Crippen molar-refractivity contribution >= 4 is 0 Å². The molecule has 3 rings (SSSR count). The maximum Gasteiger partial charge on any atom is 0.194 e. The minimum Gasteiger partial charge on any atom is -0.247 e. The summed E-state index contributed by atoms with van der Waals surface area (Å²) in [6.45, 7) is 1.91. The summed E-state index contributed by atoms with van der Waals surface area (Å²) in [5.74, 6) is -7.19. The lowest BCUT2D eigenvalue weighted by atomic mass is 9.87. The van der Waals surface area contributed by atoms with Gasteiger partial charge < -0.3 is 0 Å². The molecule has 0 spiro atoms. The highest BCUT2D eigenvalue weighted by Crippen LogP contribution is 2.51. The second kappa shape index (κ2) is 7.20. The minimum absolute atomic E-state index is 0.0298. The molecule has 2 aliphatic rings. The number of hydrogen-bond donors (Lipinski definition) is 0. The Balaban J connectivity index is 1.85. The van der Waals surface area contributed by atoms with Crippen LogP contribution in [0.5, 0.6) is 0 Å². The number of fused-ring (bicyclic) bond motifs is 1. The Kier molecular flexibility index (Phi) is 5.35. The van der Waals surface area contributed by atoms with Crippen molar-refractivity contribution in [2.75, 3.05) is 0 Å². The molecule has 0 nitrogen and oxygen atoms in total. The van der Waals surface area contributed by atoms with Gasteiger partial charge in [-0.25, -0.2) is 26.3 Å². The average molecular weight is 364 g/mol. The van der Waals surface area contributed by atoms with Crippen LogP contribution in [0.25, 0.3) is 0 Å². The Bertz CT molecular complexity index is 595. The molecule has 0 radical (unpaired) electrons. The number of rotatable bonds is 3. The molecule has 0 amide bonds. The van der Waals surface area contributed by atoms with Crippen LogP contribution in [0.2, 0.25) is 0 Å². The van der Waals surface area contributed by atoms with E-state index < -0.39 is 53.7 Å². The first-order valence-corrected chi connectivity index (χ1v) is 8.90. The topological polar surface area (TPSA) is 0 Å². The van der Waals surface area contributed by atoms with Gasteiger partial charge >= 0.3 is 0 Å².